The van der Waals surface area contributed by atoms with Gasteiger partial charge < -0.3 is 5.11 Å². The molecule has 0 spiro atoms. The van der Waals surface area contributed by atoms with Crippen LogP contribution in [0.2, 0.25) is 0 Å². The van der Waals surface area contributed by atoms with Crippen molar-refractivity contribution in [1.29, 1.82) is 0 Å². The second-order valence-electron chi connectivity index (χ2n) is 2.46. The highest BCUT2D eigenvalue weighted by molar-refractivity contribution is 5.66. The third-order valence-corrected chi connectivity index (χ3v) is 1.32. The Morgan fingerprint density at radius 3 is 2.82 bits per heavy atom. The van der Waals surface area contributed by atoms with Gasteiger partial charge in [-0.05, 0) is 12.3 Å². The zero-order chi connectivity index (χ0) is 8.69. The summed E-state index contributed by atoms with van der Waals surface area (Å²) in [7, 11) is 0. The summed E-state index contributed by atoms with van der Waals surface area (Å²) in [5.74, 6) is -0.739. The van der Waals surface area contributed by atoms with Crippen molar-refractivity contribution >= 4 is 12.0 Å². The van der Waals surface area contributed by atoms with Gasteiger partial charge in [0.15, 0.2) is 0 Å². The second kappa shape index (κ2) is 5.62. The number of carboxylic acid groups (broad SMARTS) is 1. The van der Waals surface area contributed by atoms with Crippen LogP contribution in [0.25, 0.3) is 0 Å². The summed E-state index contributed by atoms with van der Waals surface area (Å²) >= 11 is 0. The first-order valence-corrected chi connectivity index (χ1v) is 3.42. The number of aliphatic carboxylic acids is 1. The summed E-state index contributed by atoms with van der Waals surface area (Å²) in [4.78, 5) is 23.1. The summed E-state index contributed by atoms with van der Waals surface area (Å²) in [6.07, 6.45) is 2.16. The first kappa shape index (κ1) is 9.85. The number of hydrogen-bond acceptors (Lipinski definition) is 3. The molecule has 62 valence electrons. The van der Waals surface area contributed by atoms with Gasteiger partial charge in [0.05, 0.1) is 6.54 Å². The number of aliphatic imine (C=N–C) groups is 1. The van der Waals surface area contributed by atoms with Gasteiger partial charge in [0, 0.05) is 6.42 Å². The van der Waals surface area contributed by atoms with Gasteiger partial charge in [-0.15, -0.1) is 0 Å². The van der Waals surface area contributed by atoms with Crippen LogP contribution in [0.3, 0.4) is 0 Å². The molecule has 0 aromatic carbocycles. The van der Waals surface area contributed by atoms with E-state index in [9.17, 15) is 9.59 Å². The van der Waals surface area contributed by atoms with Crippen molar-refractivity contribution in [1.82, 2.24) is 0 Å². The van der Waals surface area contributed by atoms with E-state index in [0.29, 0.717) is 13.0 Å². The maximum absolute atomic E-state index is 10.1. The Balaban J connectivity index is 3.44. The Hall–Kier alpha value is -1.15. The van der Waals surface area contributed by atoms with Crippen molar-refractivity contribution in [2.75, 3.05) is 6.54 Å². The van der Waals surface area contributed by atoms with E-state index in [1.165, 1.54) is 6.08 Å². The van der Waals surface area contributed by atoms with Crippen molar-refractivity contribution in [2.24, 2.45) is 10.9 Å². The lowest BCUT2D eigenvalue weighted by Crippen LogP contribution is -2.05. The van der Waals surface area contributed by atoms with Crippen molar-refractivity contribution in [3.63, 3.8) is 0 Å². The topological polar surface area (TPSA) is 66.7 Å². The van der Waals surface area contributed by atoms with Gasteiger partial charge in [-0.25, -0.2) is 9.79 Å². The first-order chi connectivity index (χ1) is 5.16. The number of carboxylic acids is 1. The molecule has 0 saturated heterocycles. The Morgan fingerprint density at radius 1 is 1.73 bits per heavy atom. The number of carbonyl (C=O) groups excluding carboxylic acids is 1. The quantitative estimate of drug-likeness (QED) is 0.474. The van der Waals surface area contributed by atoms with Gasteiger partial charge in [-0.1, -0.05) is 6.92 Å². The van der Waals surface area contributed by atoms with Crippen LogP contribution in [0.5, 0.6) is 0 Å². The van der Waals surface area contributed by atoms with Gasteiger partial charge in [0.1, 0.15) is 0 Å². The van der Waals surface area contributed by atoms with E-state index in [0.717, 1.165) is 0 Å². The molecule has 1 atom stereocenters. The van der Waals surface area contributed by atoms with E-state index < -0.39 is 5.97 Å². The Kier molecular flexibility index (Phi) is 5.03. The fraction of sp³-hybridized carbons (Fsp3) is 0.714. The molecule has 0 aliphatic heterocycles. The molecule has 1 N–H and O–H groups in total. The van der Waals surface area contributed by atoms with Gasteiger partial charge >= 0.3 is 5.97 Å². The third kappa shape index (κ3) is 6.74. The molecule has 0 aliphatic rings. The Labute approximate surface area is 64.9 Å². The minimum atomic E-state index is -0.812. The monoisotopic (exact) mass is 157 g/mol. The highest BCUT2D eigenvalue weighted by Gasteiger charge is 2.05. The predicted molar refractivity (Wildman–Crippen MR) is 39.0 cm³/mol. The molecule has 0 saturated carbocycles. The molecule has 4 heteroatoms. The SMILES string of the molecule is CC(CCN=C=O)CC(=O)O. The standard InChI is InChI=1S/C7H11NO3/c1-6(4-7(10)11)2-3-8-5-9/h6H,2-4H2,1H3,(H,10,11). The van der Waals surface area contributed by atoms with Crippen molar-refractivity contribution in [3.8, 4) is 0 Å². The number of hydrogen-bond donors (Lipinski definition) is 1. The molecule has 0 fully saturated rings. The fourth-order valence-electron chi connectivity index (χ4n) is 0.731. The van der Waals surface area contributed by atoms with Crippen LogP contribution in [0.4, 0.5) is 0 Å². The molecule has 0 radical (unpaired) electrons. The number of carbonyl (C=O) groups is 1. The second-order valence-corrected chi connectivity index (χ2v) is 2.46. The van der Waals surface area contributed by atoms with Crippen molar-refractivity contribution < 1.29 is 14.7 Å². The fourth-order valence-corrected chi connectivity index (χ4v) is 0.731. The maximum atomic E-state index is 10.1. The maximum Gasteiger partial charge on any atom is 0.303 e. The van der Waals surface area contributed by atoms with Crippen molar-refractivity contribution in [2.45, 2.75) is 19.8 Å². The third-order valence-electron chi connectivity index (χ3n) is 1.32. The summed E-state index contributed by atoms with van der Waals surface area (Å²) < 4.78 is 0. The molecule has 0 amide bonds. The number of isocyanates is 1. The predicted octanol–water partition coefficient (Wildman–Crippen LogP) is 0.823. The van der Waals surface area contributed by atoms with E-state index in [1.54, 1.807) is 0 Å². The van der Waals surface area contributed by atoms with E-state index in [-0.39, 0.29) is 12.3 Å². The first-order valence-electron chi connectivity index (χ1n) is 3.42. The normalized spacial score (nSPS) is 11.7. The Morgan fingerprint density at radius 2 is 2.36 bits per heavy atom. The highest BCUT2D eigenvalue weighted by Crippen LogP contribution is 2.06. The molecule has 0 aromatic heterocycles. The molecular formula is C7H11NO3. The van der Waals surface area contributed by atoms with E-state index in [1.807, 2.05) is 6.92 Å². The van der Waals surface area contributed by atoms with Gasteiger partial charge in [-0.3, -0.25) is 4.79 Å². The lowest BCUT2D eigenvalue weighted by atomic mass is 10.0. The lowest BCUT2D eigenvalue weighted by molar-refractivity contribution is -0.137. The number of rotatable bonds is 5. The van der Waals surface area contributed by atoms with Gasteiger partial charge in [-0.2, -0.15) is 0 Å². The van der Waals surface area contributed by atoms with E-state index >= 15 is 0 Å². The molecule has 0 aliphatic carbocycles. The smallest absolute Gasteiger partial charge is 0.303 e. The molecule has 1 unspecified atom stereocenters. The van der Waals surface area contributed by atoms with Crippen LogP contribution in [-0.2, 0) is 9.59 Å². The molecular weight excluding hydrogens is 146 g/mol. The Bertz CT molecular complexity index is 173. The van der Waals surface area contributed by atoms with E-state index in [2.05, 4.69) is 4.99 Å². The molecule has 0 heterocycles. The van der Waals surface area contributed by atoms with Crippen molar-refractivity contribution in [3.05, 3.63) is 0 Å². The lowest BCUT2D eigenvalue weighted by Gasteiger charge is -2.03. The average Bonchev–Trinajstić information content (AvgIpc) is 1.86. The summed E-state index contributed by atoms with van der Waals surface area (Å²) in [5.41, 5.74) is 0. The molecule has 0 bridgehead atoms. The van der Waals surface area contributed by atoms with Crippen LogP contribution in [0.15, 0.2) is 4.99 Å². The summed E-state index contributed by atoms with van der Waals surface area (Å²) in [6.45, 7) is 2.19. The van der Waals surface area contributed by atoms with Crippen LogP contribution in [0, 0.1) is 5.92 Å². The molecule has 11 heavy (non-hydrogen) atoms. The zero-order valence-corrected chi connectivity index (χ0v) is 6.41. The van der Waals surface area contributed by atoms with Crippen LogP contribution in [0.1, 0.15) is 19.8 Å². The van der Waals surface area contributed by atoms with Crippen LogP contribution >= 0.6 is 0 Å². The highest BCUT2D eigenvalue weighted by atomic mass is 16.4. The molecule has 0 rings (SSSR count). The minimum absolute atomic E-state index is 0.0737. The van der Waals surface area contributed by atoms with Gasteiger partial charge in [0.25, 0.3) is 0 Å². The molecule has 0 aromatic rings. The average molecular weight is 157 g/mol. The number of nitrogens with zero attached hydrogens (tertiary/aromatic N) is 1. The zero-order valence-electron chi connectivity index (χ0n) is 6.41. The van der Waals surface area contributed by atoms with Crippen LogP contribution in [-0.4, -0.2) is 23.7 Å². The van der Waals surface area contributed by atoms with Gasteiger partial charge in [0.2, 0.25) is 6.08 Å². The van der Waals surface area contributed by atoms with Crippen LogP contribution < -0.4 is 0 Å². The largest absolute Gasteiger partial charge is 0.481 e. The minimum Gasteiger partial charge on any atom is -0.481 e. The summed E-state index contributed by atoms with van der Waals surface area (Å²) in [6, 6.07) is 0. The molecule has 4 nitrogen and oxygen atoms in total. The summed E-state index contributed by atoms with van der Waals surface area (Å²) in [5, 5.41) is 8.33. The van der Waals surface area contributed by atoms with E-state index in [4.69, 9.17) is 5.11 Å².